The molecule has 7 nitrogen and oxygen atoms in total. The maximum Gasteiger partial charge on any atom is 0.320 e. The number of nitrogens with zero attached hydrogens (tertiary/aromatic N) is 1. The number of carbonyl (C=O) groups is 3. The van der Waals surface area contributed by atoms with Crippen LogP contribution in [-0.4, -0.2) is 56.8 Å². The molecule has 1 fully saturated rings. The Hall–Kier alpha value is -1.63. The van der Waals surface area contributed by atoms with E-state index >= 15 is 0 Å². The van der Waals surface area contributed by atoms with E-state index in [1.54, 1.807) is 0 Å². The summed E-state index contributed by atoms with van der Waals surface area (Å²) in [5.74, 6) is -3.59. The molecule has 0 bridgehead atoms. The van der Waals surface area contributed by atoms with E-state index in [0.717, 1.165) is 4.90 Å². The second-order valence-corrected chi connectivity index (χ2v) is 3.35. The van der Waals surface area contributed by atoms with Gasteiger partial charge in [0.25, 0.3) is 0 Å². The van der Waals surface area contributed by atoms with Crippen molar-refractivity contribution in [1.29, 1.82) is 0 Å². The number of aliphatic carboxylic acids is 3. The van der Waals surface area contributed by atoms with Crippen LogP contribution in [0.25, 0.3) is 0 Å². The second-order valence-electron chi connectivity index (χ2n) is 3.35. The molecule has 0 radical (unpaired) electrons. The van der Waals surface area contributed by atoms with Gasteiger partial charge < -0.3 is 15.3 Å². The first-order valence-electron chi connectivity index (χ1n) is 4.36. The highest BCUT2D eigenvalue weighted by molar-refractivity contribution is 5.81. The molecule has 0 aliphatic carbocycles. The summed E-state index contributed by atoms with van der Waals surface area (Å²) in [4.78, 5) is 32.9. The van der Waals surface area contributed by atoms with Crippen LogP contribution < -0.4 is 0 Å². The molecule has 7 heteroatoms. The molecule has 84 valence electrons. The van der Waals surface area contributed by atoms with Gasteiger partial charge in [-0.3, -0.25) is 19.3 Å². The Kier molecular flexibility index (Phi) is 3.25. The minimum Gasteiger partial charge on any atom is -0.480 e. The number of hydrogen-bond acceptors (Lipinski definition) is 4. The number of carboxylic acids is 3. The van der Waals surface area contributed by atoms with E-state index in [4.69, 9.17) is 15.3 Å². The van der Waals surface area contributed by atoms with E-state index in [1.165, 1.54) is 0 Å². The van der Waals surface area contributed by atoms with Gasteiger partial charge in [0, 0.05) is 0 Å². The Morgan fingerprint density at radius 1 is 1.00 bits per heavy atom. The van der Waals surface area contributed by atoms with Gasteiger partial charge in [0.1, 0.15) is 12.1 Å². The first-order chi connectivity index (χ1) is 6.93. The fraction of sp³-hybridized carbons (Fsp3) is 0.625. The van der Waals surface area contributed by atoms with Crippen molar-refractivity contribution in [2.45, 2.75) is 24.9 Å². The van der Waals surface area contributed by atoms with Crippen molar-refractivity contribution in [1.82, 2.24) is 4.90 Å². The molecule has 0 aromatic carbocycles. The van der Waals surface area contributed by atoms with Gasteiger partial charge in [-0.05, 0) is 12.8 Å². The number of rotatable bonds is 4. The Morgan fingerprint density at radius 3 is 1.67 bits per heavy atom. The fourth-order valence-corrected chi connectivity index (χ4v) is 1.77. The summed E-state index contributed by atoms with van der Waals surface area (Å²) >= 11 is 0. The van der Waals surface area contributed by atoms with Crippen molar-refractivity contribution in [3.05, 3.63) is 0 Å². The second kappa shape index (κ2) is 4.26. The summed E-state index contributed by atoms with van der Waals surface area (Å²) in [6, 6.07) is -2.02. The predicted octanol–water partition coefficient (Wildman–Crippen LogP) is -0.927. The molecule has 0 saturated carbocycles. The molecule has 1 rings (SSSR count). The minimum atomic E-state index is -1.23. The van der Waals surface area contributed by atoms with Gasteiger partial charge in [-0.2, -0.15) is 0 Å². The highest BCUT2D eigenvalue weighted by Gasteiger charge is 2.42. The predicted molar refractivity (Wildman–Crippen MR) is 46.4 cm³/mol. The van der Waals surface area contributed by atoms with Crippen molar-refractivity contribution < 1.29 is 29.7 Å². The van der Waals surface area contributed by atoms with E-state index in [2.05, 4.69) is 0 Å². The third kappa shape index (κ3) is 2.44. The summed E-state index contributed by atoms with van der Waals surface area (Å²) < 4.78 is 0. The normalized spacial score (nSPS) is 26.4. The number of carboxylic acid groups (broad SMARTS) is 3. The smallest absolute Gasteiger partial charge is 0.320 e. The fourth-order valence-electron chi connectivity index (χ4n) is 1.77. The van der Waals surface area contributed by atoms with E-state index in [9.17, 15) is 14.4 Å². The van der Waals surface area contributed by atoms with Crippen LogP contribution in [0.1, 0.15) is 12.8 Å². The average molecular weight is 217 g/mol. The van der Waals surface area contributed by atoms with Crippen LogP contribution in [0, 0.1) is 0 Å². The summed E-state index contributed by atoms with van der Waals surface area (Å²) in [7, 11) is 0. The lowest BCUT2D eigenvalue weighted by Crippen LogP contribution is -2.46. The molecular weight excluding hydrogens is 206 g/mol. The van der Waals surface area contributed by atoms with Crippen molar-refractivity contribution in [2.24, 2.45) is 0 Å². The van der Waals surface area contributed by atoms with Crippen LogP contribution in [0.15, 0.2) is 0 Å². The van der Waals surface area contributed by atoms with Gasteiger partial charge in [0.15, 0.2) is 0 Å². The van der Waals surface area contributed by atoms with Gasteiger partial charge >= 0.3 is 17.9 Å². The average Bonchev–Trinajstić information content (AvgIpc) is 2.46. The standard InChI is InChI=1S/C8H11NO6/c10-6(11)3-9-4(7(12)13)1-2-5(9)8(14)15/h4-5H,1-3H2,(H,10,11)(H,12,13)(H,14,15). The van der Waals surface area contributed by atoms with Gasteiger partial charge in [-0.15, -0.1) is 0 Å². The highest BCUT2D eigenvalue weighted by atomic mass is 16.4. The van der Waals surface area contributed by atoms with Gasteiger partial charge in [0.05, 0.1) is 6.54 Å². The maximum atomic E-state index is 10.7. The van der Waals surface area contributed by atoms with Crippen LogP contribution in [0.4, 0.5) is 0 Å². The summed E-state index contributed by atoms with van der Waals surface area (Å²) in [5, 5.41) is 26.1. The lowest BCUT2D eigenvalue weighted by atomic mass is 10.2. The molecule has 2 unspecified atom stereocenters. The third-order valence-corrected chi connectivity index (χ3v) is 2.40. The van der Waals surface area contributed by atoms with E-state index in [0.29, 0.717) is 0 Å². The molecule has 1 aliphatic heterocycles. The molecule has 0 spiro atoms. The maximum absolute atomic E-state index is 10.7. The number of likely N-dealkylation sites (tertiary alicyclic amines) is 1. The molecular formula is C8H11NO6. The topological polar surface area (TPSA) is 115 Å². The first kappa shape index (κ1) is 11.4. The molecule has 0 aromatic heterocycles. The summed E-state index contributed by atoms with van der Waals surface area (Å²) in [5.41, 5.74) is 0. The lowest BCUT2D eigenvalue weighted by molar-refractivity contribution is -0.149. The quantitative estimate of drug-likeness (QED) is 0.557. The van der Waals surface area contributed by atoms with E-state index in [1.807, 2.05) is 0 Å². The zero-order valence-corrected chi connectivity index (χ0v) is 7.79. The lowest BCUT2D eigenvalue weighted by Gasteiger charge is -2.23. The van der Waals surface area contributed by atoms with Crippen LogP contribution >= 0.6 is 0 Å². The SMILES string of the molecule is O=C(O)CN1C(C(=O)O)CCC1C(=O)O. The molecule has 1 aliphatic rings. The van der Waals surface area contributed by atoms with E-state index < -0.39 is 36.5 Å². The van der Waals surface area contributed by atoms with Crippen LogP contribution in [0.3, 0.4) is 0 Å². The Bertz CT molecular complexity index is 280. The zero-order chi connectivity index (χ0) is 11.6. The molecule has 15 heavy (non-hydrogen) atoms. The summed E-state index contributed by atoms with van der Waals surface area (Å²) in [6.45, 7) is -0.562. The van der Waals surface area contributed by atoms with E-state index in [-0.39, 0.29) is 12.8 Å². The number of hydrogen-bond donors (Lipinski definition) is 3. The molecule has 1 heterocycles. The van der Waals surface area contributed by atoms with Crippen molar-refractivity contribution in [2.75, 3.05) is 6.54 Å². The largest absolute Gasteiger partial charge is 0.480 e. The van der Waals surface area contributed by atoms with Gasteiger partial charge in [0.2, 0.25) is 0 Å². The van der Waals surface area contributed by atoms with Crippen LogP contribution in [-0.2, 0) is 14.4 Å². The summed E-state index contributed by atoms with van der Waals surface area (Å²) in [6.07, 6.45) is 0.333. The molecule has 0 amide bonds. The zero-order valence-electron chi connectivity index (χ0n) is 7.79. The molecule has 0 aromatic rings. The minimum absolute atomic E-state index is 0.166. The van der Waals surface area contributed by atoms with Crippen LogP contribution in [0.5, 0.6) is 0 Å². The highest BCUT2D eigenvalue weighted by Crippen LogP contribution is 2.24. The third-order valence-electron chi connectivity index (χ3n) is 2.40. The molecule has 1 saturated heterocycles. The monoisotopic (exact) mass is 217 g/mol. The van der Waals surface area contributed by atoms with Gasteiger partial charge in [-0.25, -0.2) is 0 Å². The van der Waals surface area contributed by atoms with Crippen LogP contribution in [0.2, 0.25) is 0 Å². The van der Waals surface area contributed by atoms with Crippen molar-refractivity contribution >= 4 is 17.9 Å². The van der Waals surface area contributed by atoms with Crippen molar-refractivity contribution in [3.63, 3.8) is 0 Å². The Balaban J connectivity index is 2.82. The first-order valence-corrected chi connectivity index (χ1v) is 4.36. The Morgan fingerprint density at radius 2 is 1.40 bits per heavy atom. The van der Waals surface area contributed by atoms with Crippen molar-refractivity contribution in [3.8, 4) is 0 Å². The molecule has 3 N–H and O–H groups in total. The van der Waals surface area contributed by atoms with Gasteiger partial charge in [-0.1, -0.05) is 0 Å². The Labute approximate surface area is 84.9 Å². The molecule has 2 atom stereocenters.